The summed E-state index contributed by atoms with van der Waals surface area (Å²) in [4.78, 5) is 13.5. The Kier molecular flexibility index (Phi) is 10.6. The van der Waals surface area contributed by atoms with Gasteiger partial charge in [0.15, 0.2) is 23.0 Å². The molecule has 0 spiro atoms. The average Bonchev–Trinajstić information content (AvgIpc) is 3.54. The fraction of sp³-hybridized carbons (Fsp3) is 0.579. The minimum absolute atomic E-state index is 0.0298. The summed E-state index contributed by atoms with van der Waals surface area (Å²) in [5, 5.41) is 13.8. The number of hydrogen-bond donors (Lipinski definition) is 1. The Morgan fingerprint density at radius 3 is 2.40 bits per heavy atom. The number of ether oxygens (including phenoxy) is 5. The van der Waals surface area contributed by atoms with Crippen molar-refractivity contribution in [3.05, 3.63) is 58.8 Å². The van der Waals surface area contributed by atoms with E-state index in [1.807, 2.05) is 13.0 Å². The molecule has 0 amide bonds. The monoisotopic (exact) mass is 664 g/mol. The quantitative estimate of drug-likeness (QED) is 0.170. The van der Waals surface area contributed by atoms with Gasteiger partial charge in [0, 0.05) is 18.2 Å². The molecule has 1 unspecified atom stereocenters. The van der Waals surface area contributed by atoms with E-state index in [2.05, 4.69) is 23.5 Å². The molecule has 6 rings (SSSR count). The van der Waals surface area contributed by atoms with Crippen LogP contribution in [0.1, 0.15) is 101 Å². The van der Waals surface area contributed by atoms with Crippen LogP contribution >= 0.6 is 0 Å². The van der Waals surface area contributed by atoms with E-state index in [1.54, 1.807) is 19.2 Å². The molecule has 2 aromatic rings. The van der Waals surface area contributed by atoms with Crippen molar-refractivity contribution in [3.8, 4) is 29.1 Å². The van der Waals surface area contributed by atoms with Crippen molar-refractivity contribution in [2.24, 2.45) is 5.92 Å². The molecule has 0 aromatic heterocycles. The molecule has 1 saturated heterocycles. The molecule has 0 radical (unpaired) electrons. The number of carbonyl (C=O) groups is 1. The number of alkyl halides is 2. The van der Waals surface area contributed by atoms with E-state index in [1.165, 1.54) is 18.9 Å². The molecule has 2 aromatic carbocycles. The summed E-state index contributed by atoms with van der Waals surface area (Å²) in [6, 6.07) is 13.4. The van der Waals surface area contributed by atoms with Crippen molar-refractivity contribution >= 4 is 5.97 Å². The van der Waals surface area contributed by atoms with Crippen LogP contribution in [0.15, 0.2) is 47.7 Å². The highest BCUT2D eigenvalue weighted by molar-refractivity contribution is 5.89. The Labute approximate surface area is 281 Å². The number of benzene rings is 2. The van der Waals surface area contributed by atoms with Gasteiger partial charge in [-0.2, -0.15) is 14.0 Å². The molecular weight excluding hydrogens is 618 g/mol. The first-order valence-electron chi connectivity index (χ1n) is 17.5. The van der Waals surface area contributed by atoms with E-state index in [0.29, 0.717) is 68.7 Å². The van der Waals surface area contributed by atoms with E-state index >= 15 is 0 Å². The minimum Gasteiger partial charge on any atom is -0.493 e. The molecule has 3 aliphatic carbocycles. The van der Waals surface area contributed by atoms with Crippen molar-refractivity contribution in [1.29, 1.82) is 5.26 Å². The molecule has 8 nitrogen and oxygen atoms in total. The Hall–Kier alpha value is -4.00. The molecular formula is C38H46F2N2O6. The molecule has 4 fully saturated rings. The van der Waals surface area contributed by atoms with Crippen molar-refractivity contribution in [1.82, 2.24) is 5.32 Å². The molecule has 10 heteroatoms. The second-order valence-electron chi connectivity index (χ2n) is 13.6. The molecule has 1 N–H and O–H groups in total. The summed E-state index contributed by atoms with van der Waals surface area (Å²) in [6.45, 7) is 0.133. The third-order valence-electron chi connectivity index (χ3n) is 10.4. The second kappa shape index (κ2) is 15.0. The zero-order chi connectivity index (χ0) is 33.7. The van der Waals surface area contributed by atoms with Gasteiger partial charge in [0.25, 0.3) is 0 Å². The topological polar surface area (TPSA) is 99.0 Å². The number of esters is 1. The molecule has 0 bridgehead atoms. The van der Waals surface area contributed by atoms with Crippen LogP contribution in [0, 0.1) is 17.2 Å². The zero-order valence-electron chi connectivity index (χ0n) is 27.9. The standard InChI is InChI=1S/C38H46F2N2O6/c1-3-30(31-18-26(21-42-31)25-10-12-32(44-2)35(19-25)46-28-6-4-5-7-28)36(43)47-29-14-16-38(23-41,17-15-29)27-11-13-33(48-37(39)40)34(20-27)45-22-24-8-9-24/h10-13,19-20,24,26,28-29,37,42H,3-9,14-18,21-22H2,1-2H3. The van der Waals surface area contributed by atoms with E-state index in [0.717, 1.165) is 48.4 Å². The lowest BCUT2D eigenvalue weighted by Gasteiger charge is -2.35. The molecule has 48 heavy (non-hydrogen) atoms. The minimum atomic E-state index is -2.97. The lowest BCUT2D eigenvalue weighted by Crippen LogP contribution is -2.34. The van der Waals surface area contributed by atoms with E-state index in [-0.39, 0.29) is 35.6 Å². The summed E-state index contributed by atoms with van der Waals surface area (Å²) < 4.78 is 54.6. The zero-order valence-corrected chi connectivity index (χ0v) is 27.9. The summed E-state index contributed by atoms with van der Waals surface area (Å²) in [7, 11) is 1.66. The summed E-state index contributed by atoms with van der Waals surface area (Å²) in [5.74, 6) is 2.01. The maximum absolute atomic E-state index is 13.5. The van der Waals surface area contributed by atoms with Gasteiger partial charge in [-0.15, -0.1) is 0 Å². The number of rotatable bonds is 13. The normalized spacial score (nSPS) is 25.2. The first-order valence-corrected chi connectivity index (χ1v) is 17.5. The second-order valence-corrected chi connectivity index (χ2v) is 13.6. The molecule has 1 aliphatic heterocycles. The fourth-order valence-electron chi connectivity index (χ4n) is 7.30. The maximum Gasteiger partial charge on any atom is 0.387 e. The number of methoxy groups -OCH3 is 1. The molecule has 3 saturated carbocycles. The Morgan fingerprint density at radius 1 is 0.979 bits per heavy atom. The number of nitrogens with one attached hydrogen (secondary N) is 1. The summed E-state index contributed by atoms with van der Waals surface area (Å²) >= 11 is 0. The first kappa shape index (κ1) is 33.9. The summed E-state index contributed by atoms with van der Waals surface area (Å²) in [5.41, 5.74) is 2.57. The van der Waals surface area contributed by atoms with Gasteiger partial charge in [0.05, 0.1) is 36.9 Å². The van der Waals surface area contributed by atoms with E-state index in [9.17, 15) is 18.8 Å². The van der Waals surface area contributed by atoms with Gasteiger partial charge in [-0.1, -0.05) is 19.1 Å². The van der Waals surface area contributed by atoms with Crippen molar-refractivity contribution < 1.29 is 37.3 Å². The van der Waals surface area contributed by atoms with Crippen LogP contribution in [-0.4, -0.2) is 45.1 Å². The van der Waals surface area contributed by atoms with Gasteiger partial charge in [0.1, 0.15) is 6.10 Å². The van der Waals surface area contributed by atoms with Crippen LogP contribution in [0.5, 0.6) is 23.0 Å². The van der Waals surface area contributed by atoms with Gasteiger partial charge in [-0.05, 0) is 118 Å². The Morgan fingerprint density at radius 2 is 1.73 bits per heavy atom. The molecule has 258 valence electrons. The van der Waals surface area contributed by atoms with Gasteiger partial charge in [-0.3, -0.25) is 0 Å². The van der Waals surface area contributed by atoms with Gasteiger partial charge >= 0.3 is 12.6 Å². The number of halogens is 2. The maximum atomic E-state index is 13.5. The van der Waals surface area contributed by atoms with Crippen LogP contribution in [-0.2, 0) is 14.9 Å². The van der Waals surface area contributed by atoms with Crippen molar-refractivity contribution in [2.75, 3.05) is 20.3 Å². The lowest BCUT2D eigenvalue weighted by atomic mass is 9.69. The number of nitriles is 1. The van der Waals surface area contributed by atoms with Gasteiger partial charge in [0.2, 0.25) is 0 Å². The highest BCUT2D eigenvalue weighted by Crippen LogP contribution is 2.44. The van der Waals surface area contributed by atoms with Crippen LogP contribution in [0.25, 0.3) is 0 Å². The third-order valence-corrected chi connectivity index (χ3v) is 10.4. The van der Waals surface area contributed by atoms with Crippen molar-refractivity contribution in [2.45, 2.75) is 114 Å². The molecule has 1 atom stereocenters. The predicted molar refractivity (Wildman–Crippen MR) is 175 cm³/mol. The number of hydrogen-bond acceptors (Lipinski definition) is 8. The van der Waals surface area contributed by atoms with Crippen LogP contribution in [0.4, 0.5) is 8.78 Å². The molecule has 4 aliphatic rings. The first-order chi connectivity index (χ1) is 23.3. The number of carbonyl (C=O) groups excluding carboxylic acids is 1. The third kappa shape index (κ3) is 7.82. The van der Waals surface area contributed by atoms with Crippen LogP contribution < -0.4 is 24.3 Å². The number of nitrogens with zero attached hydrogens (tertiary/aromatic N) is 1. The highest BCUT2D eigenvalue weighted by atomic mass is 19.3. The SMILES string of the molecule is CCC(C(=O)OC1CCC(C#N)(c2ccc(OC(F)F)c(OCC3CC3)c2)CC1)=C1CC(c2ccc(OC)c(OC3CCCC3)c2)CN1. The van der Waals surface area contributed by atoms with E-state index < -0.39 is 12.0 Å². The van der Waals surface area contributed by atoms with Crippen LogP contribution in [0.3, 0.4) is 0 Å². The lowest BCUT2D eigenvalue weighted by molar-refractivity contribution is -0.146. The van der Waals surface area contributed by atoms with Gasteiger partial charge in [-0.25, -0.2) is 4.79 Å². The highest BCUT2D eigenvalue weighted by Gasteiger charge is 2.40. The molecule has 1 heterocycles. The Bertz CT molecular complexity index is 1520. The van der Waals surface area contributed by atoms with Crippen molar-refractivity contribution in [3.63, 3.8) is 0 Å². The average molecular weight is 665 g/mol. The van der Waals surface area contributed by atoms with Gasteiger partial charge < -0.3 is 29.0 Å². The van der Waals surface area contributed by atoms with Crippen LogP contribution in [0.2, 0.25) is 0 Å². The smallest absolute Gasteiger partial charge is 0.387 e. The summed E-state index contributed by atoms with van der Waals surface area (Å²) in [6.07, 6.45) is 9.74. The Balaban J connectivity index is 1.09. The predicted octanol–water partition coefficient (Wildman–Crippen LogP) is 8.10. The number of allylic oxidation sites excluding steroid dienone is 1. The van der Waals surface area contributed by atoms with E-state index in [4.69, 9.17) is 23.7 Å². The largest absolute Gasteiger partial charge is 0.493 e. The fourth-order valence-corrected chi connectivity index (χ4v) is 7.30.